The number of non-ortho nitro benzene ring substituents is 1. The number of aromatic nitrogens is 2. The van der Waals surface area contributed by atoms with Gasteiger partial charge in [0.05, 0.1) is 28.6 Å². The molecule has 31 heavy (non-hydrogen) atoms. The van der Waals surface area contributed by atoms with Crippen molar-refractivity contribution in [2.75, 3.05) is 7.11 Å². The molecule has 0 amide bonds. The molecule has 0 spiro atoms. The Labute approximate surface area is 182 Å². The van der Waals surface area contributed by atoms with Crippen LogP contribution in [0.4, 0.5) is 5.69 Å². The van der Waals surface area contributed by atoms with E-state index in [2.05, 4.69) is 0 Å². The van der Waals surface area contributed by atoms with E-state index in [9.17, 15) is 14.9 Å². The Morgan fingerprint density at radius 3 is 2.68 bits per heavy atom. The number of nitro groups is 1. The van der Waals surface area contributed by atoms with Gasteiger partial charge in [-0.1, -0.05) is 42.1 Å². The van der Waals surface area contributed by atoms with Crippen LogP contribution in [0.3, 0.4) is 0 Å². The molecule has 0 saturated carbocycles. The zero-order valence-electron chi connectivity index (χ0n) is 16.9. The van der Waals surface area contributed by atoms with E-state index in [1.807, 2.05) is 37.3 Å². The fourth-order valence-corrected chi connectivity index (χ4v) is 4.25. The van der Waals surface area contributed by atoms with Gasteiger partial charge in [-0.25, -0.2) is 4.98 Å². The van der Waals surface area contributed by atoms with Gasteiger partial charge in [0.15, 0.2) is 5.16 Å². The summed E-state index contributed by atoms with van der Waals surface area (Å²) >= 11 is 1.34. The Bertz CT molecular complexity index is 1350. The number of nitrogens with zero attached hydrogens (tertiary/aromatic N) is 3. The molecule has 0 bridgehead atoms. The summed E-state index contributed by atoms with van der Waals surface area (Å²) in [7, 11) is 1.56. The van der Waals surface area contributed by atoms with E-state index in [0.29, 0.717) is 33.2 Å². The second-order valence-electron chi connectivity index (χ2n) is 6.94. The largest absolute Gasteiger partial charge is 0.495 e. The minimum atomic E-state index is -0.421. The number of hydrogen-bond donors (Lipinski definition) is 0. The lowest BCUT2D eigenvalue weighted by Crippen LogP contribution is -2.22. The predicted molar refractivity (Wildman–Crippen MR) is 121 cm³/mol. The van der Waals surface area contributed by atoms with Crippen LogP contribution in [-0.4, -0.2) is 21.6 Å². The van der Waals surface area contributed by atoms with Crippen LogP contribution in [0.15, 0.2) is 76.7 Å². The number of methoxy groups -OCH3 is 1. The van der Waals surface area contributed by atoms with Gasteiger partial charge in [-0.2, -0.15) is 0 Å². The molecule has 0 aliphatic rings. The molecule has 0 unspecified atom stereocenters. The summed E-state index contributed by atoms with van der Waals surface area (Å²) in [4.78, 5) is 28.8. The normalized spacial score (nSPS) is 10.9. The van der Waals surface area contributed by atoms with E-state index in [-0.39, 0.29) is 11.2 Å². The first-order valence-corrected chi connectivity index (χ1v) is 10.5. The van der Waals surface area contributed by atoms with Crippen LogP contribution in [0, 0.1) is 17.0 Å². The lowest BCUT2D eigenvalue weighted by atomic mass is 10.2. The monoisotopic (exact) mass is 433 g/mol. The highest BCUT2D eigenvalue weighted by atomic mass is 32.2. The van der Waals surface area contributed by atoms with Crippen molar-refractivity contribution in [1.29, 1.82) is 0 Å². The van der Waals surface area contributed by atoms with Crippen molar-refractivity contribution in [2.45, 2.75) is 17.8 Å². The third-order valence-corrected chi connectivity index (χ3v) is 5.82. The molecule has 0 fully saturated rings. The van der Waals surface area contributed by atoms with Gasteiger partial charge in [-0.3, -0.25) is 19.5 Å². The molecule has 8 heteroatoms. The zero-order valence-corrected chi connectivity index (χ0v) is 17.8. The van der Waals surface area contributed by atoms with Crippen molar-refractivity contribution >= 4 is 28.4 Å². The van der Waals surface area contributed by atoms with Crippen LogP contribution in [0.5, 0.6) is 5.75 Å². The molecule has 156 valence electrons. The number of aryl methyl sites for hydroxylation is 1. The summed E-state index contributed by atoms with van der Waals surface area (Å²) in [5.74, 6) is 0.975. The fraction of sp³-hybridized carbons (Fsp3) is 0.130. The van der Waals surface area contributed by atoms with Gasteiger partial charge in [0.2, 0.25) is 0 Å². The highest BCUT2D eigenvalue weighted by Crippen LogP contribution is 2.30. The number of para-hydroxylation sites is 1. The molecule has 0 aliphatic heterocycles. The minimum absolute atomic E-state index is 0.0299. The number of benzene rings is 3. The molecule has 3 aromatic carbocycles. The third-order valence-electron chi connectivity index (χ3n) is 4.81. The molecule has 4 aromatic rings. The Morgan fingerprint density at radius 2 is 1.90 bits per heavy atom. The molecule has 0 atom stereocenters. The highest BCUT2D eigenvalue weighted by molar-refractivity contribution is 7.98. The first-order valence-electron chi connectivity index (χ1n) is 9.51. The predicted octanol–water partition coefficient (Wildman–Crippen LogP) is 4.90. The molecular formula is C23H19N3O4S. The smallest absolute Gasteiger partial charge is 0.269 e. The SMILES string of the molecule is COc1ccc(C)cc1-n1c(SCc2cccc([N+](=O)[O-])c2)nc2ccccc2c1=O. The van der Waals surface area contributed by atoms with Crippen molar-refractivity contribution in [3.63, 3.8) is 0 Å². The summed E-state index contributed by atoms with van der Waals surface area (Å²) in [6.45, 7) is 1.94. The van der Waals surface area contributed by atoms with Crippen molar-refractivity contribution in [3.05, 3.63) is 98.3 Å². The molecule has 1 aromatic heterocycles. The van der Waals surface area contributed by atoms with Crippen LogP contribution in [-0.2, 0) is 5.75 Å². The first kappa shape index (κ1) is 20.6. The van der Waals surface area contributed by atoms with E-state index in [1.54, 1.807) is 35.9 Å². The van der Waals surface area contributed by atoms with Crippen LogP contribution in [0.25, 0.3) is 16.6 Å². The van der Waals surface area contributed by atoms with Gasteiger partial charge in [0, 0.05) is 17.9 Å². The Morgan fingerprint density at radius 1 is 1.10 bits per heavy atom. The van der Waals surface area contributed by atoms with Gasteiger partial charge >= 0.3 is 0 Å². The molecule has 7 nitrogen and oxygen atoms in total. The zero-order chi connectivity index (χ0) is 22.0. The van der Waals surface area contributed by atoms with Crippen LogP contribution in [0.2, 0.25) is 0 Å². The van der Waals surface area contributed by atoms with E-state index in [4.69, 9.17) is 9.72 Å². The second-order valence-corrected chi connectivity index (χ2v) is 7.89. The van der Waals surface area contributed by atoms with Gasteiger partial charge in [-0.15, -0.1) is 0 Å². The average Bonchev–Trinajstić information content (AvgIpc) is 2.78. The lowest BCUT2D eigenvalue weighted by Gasteiger charge is -2.16. The lowest BCUT2D eigenvalue weighted by molar-refractivity contribution is -0.384. The van der Waals surface area contributed by atoms with Gasteiger partial charge in [-0.05, 0) is 42.3 Å². The van der Waals surface area contributed by atoms with E-state index in [0.717, 1.165) is 11.1 Å². The third kappa shape index (κ3) is 4.15. The Kier molecular flexibility index (Phi) is 5.73. The number of ether oxygens (including phenoxy) is 1. The van der Waals surface area contributed by atoms with Gasteiger partial charge in [0.1, 0.15) is 5.75 Å². The fourth-order valence-electron chi connectivity index (χ4n) is 3.30. The molecule has 4 rings (SSSR count). The maximum atomic E-state index is 13.4. The molecular weight excluding hydrogens is 414 g/mol. The number of hydrogen-bond acceptors (Lipinski definition) is 6. The molecule has 0 aliphatic carbocycles. The summed E-state index contributed by atoms with van der Waals surface area (Å²) in [5.41, 5.74) is 2.78. The van der Waals surface area contributed by atoms with Crippen LogP contribution >= 0.6 is 11.8 Å². The van der Waals surface area contributed by atoms with Crippen LogP contribution in [0.1, 0.15) is 11.1 Å². The quantitative estimate of drug-likeness (QED) is 0.186. The maximum absolute atomic E-state index is 13.4. The van der Waals surface area contributed by atoms with Crippen molar-refractivity contribution in [1.82, 2.24) is 9.55 Å². The van der Waals surface area contributed by atoms with Crippen LogP contribution < -0.4 is 10.3 Å². The van der Waals surface area contributed by atoms with Crippen molar-refractivity contribution in [2.24, 2.45) is 0 Å². The summed E-state index contributed by atoms with van der Waals surface area (Å²) < 4.78 is 7.06. The number of fused-ring (bicyclic) bond motifs is 1. The van der Waals surface area contributed by atoms with Crippen molar-refractivity contribution < 1.29 is 9.66 Å². The summed E-state index contributed by atoms with van der Waals surface area (Å²) in [6, 6.07) is 19.3. The molecule has 1 heterocycles. The average molecular weight is 433 g/mol. The molecule has 0 N–H and O–H groups in total. The second kappa shape index (κ2) is 8.61. The summed E-state index contributed by atoms with van der Waals surface area (Å²) in [6.07, 6.45) is 0. The van der Waals surface area contributed by atoms with E-state index >= 15 is 0 Å². The van der Waals surface area contributed by atoms with E-state index in [1.165, 1.54) is 23.9 Å². The highest BCUT2D eigenvalue weighted by Gasteiger charge is 2.17. The molecule has 0 saturated heterocycles. The first-order chi connectivity index (χ1) is 15.0. The maximum Gasteiger partial charge on any atom is 0.269 e. The number of rotatable bonds is 6. The minimum Gasteiger partial charge on any atom is -0.495 e. The van der Waals surface area contributed by atoms with E-state index < -0.39 is 4.92 Å². The number of nitro benzene ring substituents is 1. The topological polar surface area (TPSA) is 87.3 Å². The van der Waals surface area contributed by atoms with Crippen molar-refractivity contribution in [3.8, 4) is 11.4 Å². The Balaban J connectivity index is 1.86. The Hall–Kier alpha value is -3.65. The molecule has 0 radical (unpaired) electrons. The summed E-state index contributed by atoms with van der Waals surface area (Å²) in [5, 5.41) is 12.1. The standard InChI is InChI=1S/C23H19N3O4S/c1-15-10-11-21(30-2)20(12-15)25-22(27)18-8-3-4-9-19(18)24-23(25)31-14-16-6-5-7-17(13-16)26(28)29/h3-13H,14H2,1-2H3. The number of thioether (sulfide) groups is 1. The van der Waals surface area contributed by atoms with Gasteiger partial charge < -0.3 is 4.74 Å². The van der Waals surface area contributed by atoms with Gasteiger partial charge in [0.25, 0.3) is 11.2 Å².